The van der Waals surface area contributed by atoms with E-state index in [1.54, 1.807) is 6.07 Å². The lowest BCUT2D eigenvalue weighted by Crippen LogP contribution is -2.24. The van der Waals surface area contributed by atoms with Crippen LogP contribution in [0, 0.1) is 5.82 Å². The topological polar surface area (TPSA) is 32.3 Å². The smallest absolute Gasteiger partial charge is 0.127 e. The van der Waals surface area contributed by atoms with E-state index in [0.717, 1.165) is 24.6 Å². The van der Waals surface area contributed by atoms with Gasteiger partial charge in [-0.2, -0.15) is 0 Å². The van der Waals surface area contributed by atoms with Crippen molar-refractivity contribution in [3.8, 4) is 5.75 Å². The molecule has 1 aromatic rings. The summed E-state index contributed by atoms with van der Waals surface area (Å²) in [4.78, 5) is 0. The van der Waals surface area contributed by atoms with Crippen molar-refractivity contribution in [3.63, 3.8) is 0 Å². The van der Waals surface area contributed by atoms with Crippen molar-refractivity contribution in [2.45, 2.75) is 26.3 Å². The number of hydrogen-bond donors (Lipinski definition) is 2. The van der Waals surface area contributed by atoms with Crippen LogP contribution in [0.1, 0.15) is 19.4 Å². The highest BCUT2D eigenvalue weighted by molar-refractivity contribution is 5.28. The van der Waals surface area contributed by atoms with E-state index in [1.807, 2.05) is 0 Å². The summed E-state index contributed by atoms with van der Waals surface area (Å²) < 4.78 is 12.8. The molecule has 0 fully saturated rings. The average Bonchev–Trinajstić information content (AvgIpc) is 2.01. The monoisotopic (exact) mass is 197 g/mol. The van der Waals surface area contributed by atoms with Crippen molar-refractivity contribution in [1.29, 1.82) is 0 Å². The molecular weight excluding hydrogens is 181 g/mol. The summed E-state index contributed by atoms with van der Waals surface area (Å²) >= 11 is 0. The van der Waals surface area contributed by atoms with Crippen molar-refractivity contribution in [2.75, 3.05) is 6.54 Å². The van der Waals surface area contributed by atoms with E-state index in [0.29, 0.717) is 6.04 Å². The van der Waals surface area contributed by atoms with E-state index in [9.17, 15) is 4.39 Å². The lowest BCUT2D eigenvalue weighted by Gasteiger charge is -2.07. The van der Waals surface area contributed by atoms with Gasteiger partial charge in [-0.05, 0) is 30.7 Å². The molecule has 78 valence electrons. The van der Waals surface area contributed by atoms with Gasteiger partial charge < -0.3 is 10.4 Å². The fraction of sp³-hybridized carbons (Fsp3) is 0.455. The molecule has 0 saturated carbocycles. The van der Waals surface area contributed by atoms with Crippen LogP contribution < -0.4 is 5.32 Å². The fourth-order valence-corrected chi connectivity index (χ4v) is 1.28. The molecule has 0 unspecified atom stereocenters. The Morgan fingerprint density at radius 3 is 2.64 bits per heavy atom. The zero-order valence-electron chi connectivity index (χ0n) is 8.55. The molecule has 0 spiro atoms. The van der Waals surface area contributed by atoms with Gasteiger partial charge in [0.25, 0.3) is 0 Å². The minimum absolute atomic E-state index is 0.00968. The summed E-state index contributed by atoms with van der Waals surface area (Å²) in [5.74, 6) is -0.394. The lowest BCUT2D eigenvalue weighted by molar-refractivity contribution is 0.467. The zero-order chi connectivity index (χ0) is 10.6. The number of aromatic hydroxyl groups is 1. The maximum atomic E-state index is 12.8. The molecule has 0 aliphatic carbocycles. The highest BCUT2D eigenvalue weighted by Gasteiger charge is 2.00. The Morgan fingerprint density at radius 1 is 1.36 bits per heavy atom. The van der Waals surface area contributed by atoms with E-state index in [1.165, 1.54) is 6.07 Å². The second-order valence-corrected chi connectivity index (χ2v) is 3.68. The Bertz CT molecular complexity index is 279. The molecule has 0 saturated heterocycles. The third-order valence-corrected chi connectivity index (χ3v) is 1.91. The van der Waals surface area contributed by atoms with Crippen LogP contribution in [0.4, 0.5) is 4.39 Å². The Balaban J connectivity index is 2.50. The molecule has 2 N–H and O–H groups in total. The zero-order valence-corrected chi connectivity index (χ0v) is 8.55. The molecule has 1 aromatic carbocycles. The summed E-state index contributed by atoms with van der Waals surface area (Å²) in [6, 6.07) is 4.57. The quantitative estimate of drug-likeness (QED) is 0.774. The Hall–Kier alpha value is -1.09. The first kappa shape index (κ1) is 11.0. The summed E-state index contributed by atoms with van der Waals surface area (Å²) in [6.07, 6.45) is 0.726. The first-order chi connectivity index (χ1) is 6.58. The van der Waals surface area contributed by atoms with Gasteiger partial charge in [-0.25, -0.2) is 4.39 Å². The van der Waals surface area contributed by atoms with Crippen molar-refractivity contribution in [3.05, 3.63) is 29.6 Å². The van der Waals surface area contributed by atoms with Crippen molar-refractivity contribution < 1.29 is 9.50 Å². The van der Waals surface area contributed by atoms with Crippen molar-refractivity contribution in [2.24, 2.45) is 0 Å². The minimum atomic E-state index is -0.385. The van der Waals surface area contributed by atoms with Gasteiger partial charge >= 0.3 is 0 Å². The summed E-state index contributed by atoms with van der Waals surface area (Å²) in [6.45, 7) is 4.91. The summed E-state index contributed by atoms with van der Waals surface area (Å²) in [5.41, 5.74) is 0.815. The van der Waals surface area contributed by atoms with Crippen LogP contribution in [0.3, 0.4) is 0 Å². The van der Waals surface area contributed by atoms with Crippen LogP contribution >= 0.6 is 0 Å². The van der Waals surface area contributed by atoms with Crippen LogP contribution in [0.5, 0.6) is 5.75 Å². The van der Waals surface area contributed by atoms with Crippen molar-refractivity contribution in [1.82, 2.24) is 5.32 Å². The summed E-state index contributed by atoms with van der Waals surface area (Å²) in [7, 11) is 0. The Morgan fingerprint density at radius 2 is 2.07 bits per heavy atom. The number of hydrogen-bond acceptors (Lipinski definition) is 2. The Labute approximate surface area is 83.8 Å². The average molecular weight is 197 g/mol. The van der Waals surface area contributed by atoms with Crippen LogP contribution in [0.25, 0.3) is 0 Å². The molecule has 0 aliphatic rings. The highest BCUT2D eigenvalue weighted by atomic mass is 19.1. The molecule has 1 rings (SSSR count). The highest BCUT2D eigenvalue weighted by Crippen LogP contribution is 2.14. The second-order valence-electron chi connectivity index (χ2n) is 3.68. The van der Waals surface area contributed by atoms with Crippen LogP contribution in [0.15, 0.2) is 18.2 Å². The van der Waals surface area contributed by atoms with Gasteiger partial charge in [-0.1, -0.05) is 13.8 Å². The first-order valence-corrected chi connectivity index (χ1v) is 4.80. The molecule has 0 aromatic heterocycles. The number of phenolic OH excluding ortho intramolecular Hbond substituents is 1. The van der Waals surface area contributed by atoms with Gasteiger partial charge in [-0.15, -0.1) is 0 Å². The minimum Gasteiger partial charge on any atom is -0.508 e. The predicted molar refractivity (Wildman–Crippen MR) is 54.9 cm³/mol. The van der Waals surface area contributed by atoms with Crippen LogP contribution in [-0.4, -0.2) is 17.7 Å². The van der Waals surface area contributed by atoms with E-state index < -0.39 is 0 Å². The summed E-state index contributed by atoms with van der Waals surface area (Å²) in [5, 5.41) is 12.4. The number of benzene rings is 1. The molecule has 3 heteroatoms. The van der Waals surface area contributed by atoms with Gasteiger partial charge in [0.1, 0.15) is 11.6 Å². The maximum absolute atomic E-state index is 12.8. The first-order valence-electron chi connectivity index (χ1n) is 4.80. The largest absolute Gasteiger partial charge is 0.508 e. The number of rotatable bonds is 4. The normalized spacial score (nSPS) is 10.9. The van der Waals surface area contributed by atoms with Gasteiger partial charge in [0.2, 0.25) is 0 Å². The SMILES string of the molecule is CC(C)NCCc1cc(O)cc(F)c1. The third-order valence-electron chi connectivity index (χ3n) is 1.91. The molecule has 0 bridgehead atoms. The molecular formula is C11H16FNO. The lowest BCUT2D eigenvalue weighted by atomic mass is 10.1. The van der Waals surface area contributed by atoms with E-state index in [2.05, 4.69) is 19.2 Å². The molecule has 0 aliphatic heterocycles. The van der Waals surface area contributed by atoms with Gasteiger partial charge in [0.15, 0.2) is 0 Å². The molecule has 0 radical (unpaired) electrons. The molecule has 2 nitrogen and oxygen atoms in total. The van der Waals surface area contributed by atoms with E-state index in [-0.39, 0.29) is 11.6 Å². The molecule has 0 heterocycles. The molecule has 0 atom stereocenters. The van der Waals surface area contributed by atoms with Crippen molar-refractivity contribution >= 4 is 0 Å². The van der Waals surface area contributed by atoms with E-state index in [4.69, 9.17) is 5.11 Å². The fourth-order valence-electron chi connectivity index (χ4n) is 1.28. The predicted octanol–water partition coefficient (Wildman–Crippen LogP) is 2.07. The number of nitrogens with one attached hydrogen (secondary N) is 1. The standard InChI is InChI=1S/C11H16FNO/c1-8(2)13-4-3-9-5-10(12)7-11(14)6-9/h5-8,13-14H,3-4H2,1-2H3. The maximum Gasteiger partial charge on any atom is 0.127 e. The Kier molecular flexibility index (Phi) is 3.89. The second kappa shape index (κ2) is 4.96. The molecule has 14 heavy (non-hydrogen) atoms. The number of phenols is 1. The molecule has 0 amide bonds. The van der Waals surface area contributed by atoms with Crippen LogP contribution in [0.2, 0.25) is 0 Å². The van der Waals surface area contributed by atoms with Gasteiger partial charge in [0, 0.05) is 12.1 Å². The third kappa shape index (κ3) is 3.75. The van der Waals surface area contributed by atoms with Gasteiger partial charge in [0.05, 0.1) is 0 Å². The van der Waals surface area contributed by atoms with E-state index >= 15 is 0 Å². The van der Waals surface area contributed by atoms with Crippen LogP contribution in [-0.2, 0) is 6.42 Å². The van der Waals surface area contributed by atoms with Gasteiger partial charge in [-0.3, -0.25) is 0 Å². The number of halogens is 1.